The molecule has 0 radical (unpaired) electrons. The third-order valence-electron chi connectivity index (χ3n) is 3.14. The molecule has 1 aromatic rings. The number of hydrogen-bond donors (Lipinski definition) is 2. The highest BCUT2D eigenvalue weighted by atomic mass is 35.5. The van der Waals surface area contributed by atoms with Crippen molar-refractivity contribution in [1.82, 2.24) is 15.5 Å². The molecule has 9 nitrogen and oxygen atoms in total. The fraction of sp³-hybridized carbons (Fsp3) is 0.385. The van der Waals surface area contributed by atoms with E-state index in [0.717, 1.165) is 0 Å². The number of guanidine groups is 1. The molecule has 1 heterocycles. The van der Waals surface area contributed by atoms with E-state index in [1.54, 1.807) is 36.1 Å². The summed E-state index contributed by atoms with van der Waals surface area (Å²) in [6, 6.07) is 6.19. The summed E-state index contributed by atoms with van der Waals surface area (Å²) in [6.07, 6.45) is 0. The summed E-state index contributed by atoms with van der Waals surface area (Å²) in [6.45, 7) is 2.38. The highest BCUT2D eigenvalue weighted by Crippen LogP contribution is 2.23. The zero-order valence-electron chi connectivity index (χ0n) is 12.4. The molecule has 0 amide bonds. The average molecular weight is 342 g/mol. The number of nitrogens with zero attached hydrogens (tertiary/aromatic N) is 3. The number of carbonyl (C=O) groups excluding carboxylic acids is 1. The van der Waals surface area contributed by atoms with Gasteiger partial charge < -0.3 is 15.4 Å². The first-order valence-electron chi connectivity index (χ1n) is 6.88. The van der Waals surface area contributed by atoms with E-state index in [1.807, 2.05) is 0 Å². The van der Waals surface area contributed by atoms with Gasteiger partial charge in [0, 0.05) is 5.02 Å². The maximum atomic E-state index is 12.3. The van der Waals surface area contributed by atoms with Gasteiger partial charge in [0.15, 0.2) is 5.03 Å². The number of carbonyl (C=O) groups is 1. The average Bonchev–Trinajstić information content (AvgIpc) is 2.51. The molecule has 1 fully saturated rings. The second kappa shape index (κ2) is 7.75. The van der Waals surface area contributed by atoms with Crippen LogP contribution in [0.2, 0.25) is 5.02 Å². The molecule has 1 atom stereocenters. The summed E-state index contributed by atoms with van der Waals surface area (Å²) >= 11 is 5.88. The Morgan fingerprint density at radius 2 is 2.04 bits per heavy atom. The van der Waals surface area contributed by atoms with E-state index in [9.17, 15) is 14.9 Å². The van der Waals surface area contributed by atoms with Crippen molar-refractivity contribution in [3.05, 3.63) is 45.0 Å². The highest BCUT2D eigenvalue weighted by molar-refractivity contribution is 6.30. The van der Waals surface area contributed by atoms with Crippen molar-refractivity contribution in [3.8, 4) is 0 Å². The van der Waals surface area contributed by atoms with Gasteiger partial charge in [-0.1, -0.05) is 23.7 Å². The molecule has 23 heavy (non-hydrogen) atoms. The van der Waals surface area contributed by atoms with Crippen LogP contribution in [0, 0.1) is 10.1 Å². The van der Waals surface area contributed by atoms with Gasteiger partial charge in [0.1, 0.15) is 11.1 Å². The summed E-state index contributed by atoms with van der Waals surface area (Å²) in [5, 5.41) is 18.8. The summed E-state index contributed by atoms with van der Waals surface area (Å²) < 4.78 is 5.13. The standard InChI is InChI=1S/C13H16ClN5O4/c1-2-23-12(20)11(9-3-5-10(14)6-4-9)18-7-15-13(16-8-18)17-19(21)22/h3-6,11H,2,7-8H2,1H3,(H2,15,16,17)/t11-/m0/s1. The Morgan fingerprint density at radius 1 is 1.43 bits per heavy atom. The largest absolute Gasteiger partial charge is 0.465 e. The maximum absolute atomic E-state index is 12.3. The van der Waals surface area contributed by atoms with Gasteiger partial charge in [-0.3, -0.25) is 4.90 Å². The number of esters is 1. The van der Waals surface area contributed by atoms with Crippen LogP contribution in [0.5, 0.6) is 0 Å². The number of ether oxygens (including phenoxy) is 1. The Balaban J connectivity index is 2.17. The van der Waals surface area contributed by atoms with E-state index in [4.69, 9.17) is 16.3 Å². The van der Waals surface area contributed by atoms with Crippen LogP contribution < -0.4 is 10.6 Å². The van der Waals surface area contributed by atoms with E-state index < -0.39 is 17.0 Å². The van der Waals surface area contributed by atoms with E-state index in [-0.39, 0.29) is 25.9 Å². The van der Waals surface area contributed by atoms with Gasteiger partial charge >= 0.3 is 5.97 Å². The monoisotopic (exact) mass is 341 g/mol. The van der Waals surface area contributed by atoms with Crippen LogP contribution in [0.3, 0.4) is 0 Å². The highest BCUT2D eigenvalue weighted by Gasteiger charge is 2.31. The van der Waals surface area contributed by atoms with Gasteiger partial charge in [0.2, 0.25) is 0 Å². The number of nitro groups is 1. The quantitative estimate of drug-likeness (QED) is 0.465. The van der Waals surface area contributed by atoms with E-state index in [0.29, 0.717) is 10.6 Å². The normalized spacial score (nSPS) is 16.0. The summed E-state index contributed by atoms with van der Waals surface area (Å²) in [4.78, 5) is 24.4. The van der Waals surface area contributed by atoms with Gasteiger partial charge in [-0.2, -0.15) is 0 Å². The minimum absolute atomic E-state index is 0.0463. The number of rotatable bonds is 5. The fourth-order valence-electron chi connectivity index (χ4n) is 2.17. The minimum atomic E-state index is -0.799. The van der Waals surface area contributed by atoms with Crippen molar-refractivity contribution in [2.24, 2.45) is 5.10 Å². The van der Waals surface area contributed by atoms with Crippen molar-refractivity contribution in [3.63, 3.8) is 0 Å². The van der Waals surface area contributed by atoms with Gasteiger partial charge in [0.25, 0.3) is 5.96 Å². The molecule has 2 N–H and O–H groups in total. The molecule has 0 aromatic heterocycles. The van der Waals surface area contributed by atoms with Gasteiger partial charge in [-0.25, -0.2) is 14.9 Å². The number of nitrogens with one attached hydrogen (secondary N) is 2. The lowest BCUT2D eigenvalue weighted by atomic mass is 10.1. The second-order valence-corrected chi connectivity index (χ2v) is 5.09. The third-order valence-corrected chi connectivity index (χ3v) is 3.39. The Labute approximate surface area is 137 Å². The molecule has 0 bridgehead atoms. The van der Waals surface area contributed by atoms with Crippen LogP contribution >= 0.6 is 11.6 Å². The van der Waals surface area contributed by atoms with Crippen molar-refractivity contribution >= 4 is 23.5 Å². The number of hydrazone groups is 1. The molecule has 0 saturated carbocycles. The molecule has 0 unspecified atom stereocenters. The van der Waals surface area contributed by atoms with Gasteiger partial charge in [-0.05, 0) is 24.6 Å². The Hall–Kier alpha value is -2.39. The molecule has 0 spiro atoms. The van der Waals surface area contributed by atoms with Crippen LogP contribution in [0.4, 0.5) is 0 Å². The van der Waals surface area contributed by atoms with Gasteiger partial charge in [-0.15, -0.1) is 0 Å². The van der Waals surface area contributed by atoms with Gasteiger partial charge in [0.05, 0.1) is 19.9 Å². The zero-order valence-corrected chi connectivity index (χ0v) is 13.1. The second-order valence-electron chi connectivity index (χ2n) is 4.65. The van der Waals surface area contributed by atoms with Crippen molar-refractivity contribution in [2.45, 2.75) is 13.0 Å². The smallest absolute Gasteiger partial charge is 0.328 e. The van der Waals surface area contributed by atoms with E-state index >= 15 is 0 Å². The molecular formula is C13H16ClN5O4. The molecular weight excluding hydrogens is 326 g/mol. The van der Waals surface area contributed by atoms with E-state index in [2.05, 4.69) is 15.7 Å². The first kappa shape index (κ1) is 17.0. The molecule has 0 aliphatic carbocycles. The number of halogens is 1. The number of benzene rings is 1. The minimum Gasteiger partial charge on any atom is -0.465 e. The van der Waals surface area contributed by atoms with Crippen molar-refractivity contribution in [2.75, 3.05) is 19.9 Å². The predicted molar refractivity (Wildman–Crippen MR) is 83.1 cm³/mol. The molecule has 1 aliphatic heterocycles. The lowest BCUT2D eigenvalue weighted by Gasteiger charge is -2.34. The van der Waals surface area contributed by atoms with Crippen LogP contribution in [-0.2, 0) is 9.53 Å². The Kier molecular flexibility index (Phi) is 5.72. The predicted octanol–water partition coefficient (Wildman–Crippen LogP) is 0.902. The molecule has 10 heteroatoms. The van der Waals surface area contributed by atoms with E-state index in [1.165, 1.54) is 0 Å². The van der Waals surface area contributed by atoms with Crippen molar-refractivity contribution < 1.29 is 14.6 Å². The SMILES string of the molecule is CCOC(=O)[C@H](c1ccc(Cl)cc1)N1CNC(=N[N+](=O)[O-])NC1. The Bertz CT molecular complexity index is 597. The first-order valence-corrected chi connectivity index (χ1v) is 7.26. The molecule has 1 aliphatic rings. The maximum Gasteiger partial charge on any atom is 0.328 e. The molecule has 1 aromatic carbocycles. The number of hydrogen-bond acceptors (Lipinski definition) is 5. The fourth-order valence-corrected chi connectivity index (χ4v) is 2.29. The van der Waals surface area contributed by atoms with Crippen molar-refractivity contribution in [1.29, 1.82) is 0 Å². The van der Waals surface area contributed by atoms with Crippen LogP contribution in [0.1, 0.15) is 18.5 Å². The zero-order chi connectivity index (χ0) is 16.8. The molecule has 1 saturated heterocycles. The third kappa shape index (κ3) is 4.54. The topological polar surface area (TPSA) is 109 Å². The first-order chi connectivity index (χ1) is 11.0. The Morgan fingerprint density at radius 3 is 2.57 bits per heavy atom. The lowest BCUT2D eigenvalue weighted by molar-refractivity contribution is -0.485. The van der Waals surface area contributed by atoms with Crippen LogP contribution in [0.15, 0.2) is 29.4 Å². The summed E-state index contributed by atoms with van der Waals surface area (Å²) in [5.74, 6) is -0.363. The van der Waals surface area contributed by atoms with Crippen LogP contribution in [-0.4, -0.2) is 41.8 Å². The summed E-state index contributed by atoms with van der Waals surface area (Å²) in [7, 11) is 0. The molecule has 124 valence electrons. The molecule has 2 rings (SSSR count). The summed E-state index contributed by atoms with van der Waals surface area (Å²) in [5.41, 5.74) is 0.714. The lowest BCUT2D eigenvalue weighted by Crippen LogP contribution is -2.57. The van der Waals surface area contributed by atoms with Crippen LogP contribution in [0.25, 0.3) is 0 Å².